The molecule has 1 atom stereocenters. The maximum Gasteiger partial charge on any atom is 0.0122 e. The molecule has 108 valence electrons. The van der Waals surface area contributed by atoms with Crippen LogP contribution in [0.5, 0.6) is 0 Å². The van der Waals surface area contributed by atoms with Gasteiger partial charge in [0.1, 0.15) is 0 Å². The van der Waals surface area contributed by atoms with Crippen LogP contribution < -0.4 is 5.73 Å². The summed E-state index contributed by atoms with van der Waals surface area (Å²) in [5.41, 5.74) is 7.08. The molecule has 0 aliphatic carbocycles. The first kappa shape index (κ1) is 17.5. The minimum atomic E-state index is 0.254. The predicted molar refractivity (Wildman–Crippen MR) is 82.5 cm³/mol. The first-order valence-electron chi connectivity index (χ1n) is 7.08. The van der Waals surface area contributed by atoms with E-state index in [1.807, 2.05) is 0 Å². The van der Waals surface area contributed by atoms with Crippen LogP contribution in [-0.2, 0) is 0 Å². The van der Waals surface area contributed by atoms with Crippen LogP contribution in [0, 0.1) is 11.3 Å². The molecule has 0 aromatic heterocycles. The molecule has 0 aliphatic rings. The lowest BCUT2D eigenvalue weighted by Gasteiger charge is -2.36. The average Bonchev–Trinajstić information content (AvgIpc) is 2.12. The second kappa shape index (κ2) is 6.60. The van der Waals surface area contributed by atoms with Gasteiger partial charge in [-0.25, -0.2) is 0 Å². The van der Waals surface area contributed by atoms with Crippen LogP contribution in [0.4, 0.5) is 0 Å². The Kier molecular flexibility index (Phi) is 6.42. The van der Waals surface area contributed by atoms with E-state index in [4.69, 9.17) is 5.73 Å². The fourth-order valence-electron chi connectivity index (χ4n) is 2.35. The van der Waals surface area contributed by atoms with E-state index < -0.39 is 0 Å². The lowest BCUT2D eigenvalue weighted by atomic mass is 9.79. The Balaban J connectivity index is 4.21. The predicted octanol–water partition coefficient (Wildman–Crippen LogP) is 4.02. The summed E-state index contributed by atoms with van der Waals surface area (Å²) in [6.45, 7) is 18.8. The zero-order valence-electron chi connectivity index (χ0n) is 13.6. The van der Waals surface area contributed by atoms with Crippen molar-refractivity contribution in [2.45, 2.75) is 66.3 Å². The maximum absolute atomic E-state index is 5.67. The molecule has 0 bridgehead atoms. The third-order valence-electron chi connectivity index (χ3n) is 3.75. The van der Waals surface area contributed by atoms with E-state index in [1.165, 1.54) is 6.42 Å². The smallest absolute Gasteiger partial charge is 0.0122 e. The second-order valence-electron chi connectivity index (χ2n) is 7.68. The normalized spacial score (nSPS) is 14.9. The van der Waals surface area contributed by atoms with Gasteiger partial charge in [0.05, 0.1) is 0 Å². The molecule has 0 amide bonds. The van der Waals surface area contributed by atoms with Crippen molar-refractivity contribution >= 4 is 0 Å². The average molecular weight is 254 g/mol. The molecule has 0 rings (SSSR count). The second-order valence-corrected chi connectivity index (χ2v) is 7.68. The highest BCUT2D eigenvalue weighted by atomic mass is 15.2. The summed E-state index contributed by atoms with van der Waals surface area (Å²) in [6.07, 6.45) is 3.31. The zero-order chi connectivity index (χ0) is 14.6. The number of nitrogens with two attached hydrogens (primary N) is 1. The van der Waals surface area contributed by atoms with Crippen LogP contribution in [0.2, 0.25) is 0 Å². The molecular formula is C16H34N2. The van der Waals surface area contributed by atoms with Gasteiger partial charge in [-0.3, -0.25) is 0 Å². The standard InChI is InChI=1S/C16H34N2/c1-13(12-18(8)15(3,4)5)11-16(6,7)10-9-14(2)17/h13H,2,9-12,17H2,1,3-8H3. The molecule has 2 heteroatoms. The highest BCUT2D eigenvalue weighted by molar-refractivity contribution is 4.88. The molecule has 0 saturated carbocycles. The Labute approximate surface area is 115 Å². The van der Waals surface area contributed by atoms with Gasteiger partial charge in [-0.2, -0.15) is 0 Å². The Morgan fingerprint density at radius 1 is 1.22 bits per heavy atom. The van der Waals surface area contributed by atoms with Crippen molar-refractivity contribution in [3.63, 3.8) is 0 Å². The van der Waals surface area contributed by atoms with Crippen LogP contribution in [0.15, 0.2) is 12.3 Å². The van der Waals surface area contributed by atoms with Crippen molar-refractivity contribution in [3.05, 3.63) is 12.3 Å². The van der Waals surface area contributed by atoms with E-state index >= 15 is 0 Å². The molecule has 1 unspecified atom stereocenters. The molecule has 2 nitrogen and oxygen atoms in total. The number of rotatable bonds is 7. The van der Waals surface area contributed by atoms with Gasteiger partial charge >= 0.3 is 0 Å². The summed E-state index contributed by atoms with van der Waals surface area (Å²) in [4.78, 5) is 2.44. The Hall–Kier alpha value is -0.500. The summed E-state index contributed by atoms with van der Waals surface area (Å²) >= 11 is 0. The third kappa shape index (κ3) is 7.75. The first-order valence-corrected chi connectivity index (χ1v) is 7.08. The highest BCUT2D eigenvalue weighted by Crippen LogP contribution is 2.32. The van der Waals surface area contributed by atoms with Gasteiger partial charge in [0.25, 0.3) is 0 Å². The minimum absolute atomic E-state index is 0.254. The number of hydrogen-bond acceptors (Lipinski definition) is 2. The molecule has 0 aromatic carbocycles. The topological polar surface area (TPSA) is 29.3 Å². The monoisotopic (exact) mass is 254 g/mol. The van der Waals surface area contributed by atoms with Gasteiger partial charge in [0, 0.05) is 17.8 Å². The Morgan fingerprint density at radius 3 is 2.11 bits per heavy atom. The number of hydrogen-bond donors (Lipinski definition) is 1. The maximum atomic E-state index is 5.67. The van der Waals surface area contributed by atoms with Crippen molar-refractivity contribution in [2.24, 2.45) is 17.1 Å². The van der Waals surface area contributed by atoms with E-state index in [0.29, 0.717) is 11.3 Å². The summed E-state index contributed by atoms with van der Waals surface area (Å²) in [6, 6.07) is 0. The van der Waals surface area contributed by atoms with E-state index in [1.54, 1.807) is 0 Å². The lowest BCUT2D eigenvalue weighted by molar-refractivity contribution is 0.131. The van der Waals surface area contributed by atoms with Gasteiger partial charge in [-0.05, 0) is 58.4 Å². The molecule has 0 aromatic rings. The largest absolute Gasteiger partial charge is 0.403 e. The quantitative estimate of drug-likeness (QED) is 0.743. The van der Waals surface area contributed by atoms with E-state index in [2.05, 4.69) is 60.1 Å². The Bertz CT molecular complexity index is 261. The van der Waals surface area contributed by atoms with E-state index in [9.17, 15) is 0 Å². The van der Waals surface area contributed by atoms with Crippen molar-refractivity contribution in [1.29, 1.82) is 0 Å². The van der Waals surface area contributed by atoms with Gasteiger partial charge in [-0.15, -0.1) is 0 Å². The van der Waals surface area contributed by atoms with E-state index in [-0.39, 0.29) is 5.54 Å². The van der Waals surface area contributed by atoms with Crippen molar-refractivity contribution in [3.8, 4) is 0 Å². The van der Waals surface area contributed by atoms with Gasteiger partial charge in [0.2, 0.25) is 0 Å². The van der Waals surface area contributed by atoms with Gasteiger partial charge < -0.3 is 10.6 Å². The number of allylic oxidation sites excluding steroid dienone is 1. The zero-order valence-corrected chi connectivity index (χ0v) is 13.6. The molecule has 0 heterocycles. The molecule has 0 fully saturated rings. The molecular weight excluding hydrogens is 220 g/mol. The molecule has 0 aliphatic heterocycles. The van der Waals surface area contributed by atoms with Crippen LogP contribution >= 0.6 is 0 Å². The fourth-order valence-corrected chi connectivity index (χ4v) is 2.35. The summed E-state index contributed by atoms with van der Waals surface area (Å²) in [5.74, 6) is 0.704. The molecule has 0 radical (unpaired) electrons. The minimum Gasteiger partial charge on any atom is -0.403 e. The summed E-state index contributed by atoms with van der Waals surface area (Å²) in [7, 11) is 2.21. The summed E-state index contributed by atoms with van der Waals surface area (Å²) in [5, 5.41) is 0. The van der Waals surface area contributed by atoms with E-state index in [0.717, 1.165) is 25.1 Å². The molecule has 18 heavy (non-hydrogen) atoms. The Morgan fingerprint density at radius 2 is 1.72 bits per heavy atom. The van der Waals surface area contributed by atoms with Crippen molar-refractivity contribution < 1.29 is 0 Å². The first-order chi connectivity index (χ1) is 7.94. The van der Waals surface area contributed by atoms with Crippen LogP contribution in [-0.4, -0.2) is 24.0 Å². The van der Waals surface area contributed by atoms with Crippen molar-refractivity contribution in [2.75, 3.05) is 13.6 Å². The lowest BCUT2D eigenvalue weighted by Crippen LogP contribution is -2.41. The van der Waals surface area contributed by atoms with Crippen molar-refractivity contribution in [1.82, 2.24) is 4.90 Å². The molecule has 0 spiro atoms. The summed E-state index contributed by atoms with van der Waals surface area (Å²) < 4.78 is 0. The highest BCUT2D eigenvalue weighted by Gasteiger charge is 2.24. The SMILES string of the molecule is C=C(N)CCC(C)(C)CC(C)CN(C)C(C)(C)C. The molecule has 0 saturated heterocycles. The van der Waals surface area contributed by atoms with Gasteiger partial charge in [0.15, 0.2) is 0 Å². The number of nitrogens with zero attached hydrogens (tertiary/aromatic N) is 1. The van der Waals surface area contributed by atoms with Crippen LogP contribution in [0.3, 0.4) is 0 Å². The van der Waals surface area contributed by atoms with Crippen LogP contribution in [0.25, 0.3) is 0 Å². The fraction of sp³-hybridized carbons (Fsp3) is 0.875. The third-order valence-corrected chi connectivity index (χ3v) is 3.75. The van der Waals surface area contributed by atoms with Gasteiger partial charge in [-0.1, -0.05) is 27.4 Å². The van der Waals surface area contributed by atoms with Crippen LogP contribution in [0.1, 0.15) is 60.8 Å². The molecule has 2 N–H and O–H groups in total.